The molecule has 2 aliphatic heterocycles. The summed E-state index contributed by atoms with van der Waals surface area (Å²) in [5.74, 6) is 2.53. The van der Waals surface area contributed by atoms with Crippen molar-refractivity contribution < 1.29 is 14.3 Å². The SMILES string of the molecule is CN1CC(NC(=O)c2ccc(OC3CCSC3)nc2)CC1=O. The van der Waals surface area contributed by atoms with Crippen LogP contribution in [0.1, 0.15) is 23.2 Å². The molecule has 0 aliphatic carbocycles. The van der Waals surface area contributed by atoms with Crippen molar-refractivity contribution >= 4 is 23.6 Å². The van der Waals surface area contributed by atoms with Crippen LogP contribution < -0.4 is 10.1 Å². The first kappa shape index (κ1) is 15.1. The first-order valence-electron chi connectivity index (χ1n) is 7.37. The average molecular weight is 321 g/mol. The van der Waals surface area contributed by atoms with Crippen molar-refractivity contribution in [3.63, 3.8) is 0 Å². The van der Waals surface area contributed by atoms with Crippen LogP contribution in [-0.4, -0.2) is 58.9 Å². The number of likely N-dealkylation sites (tertiary alicyclic amines) is 1. The molecule has 0 spiro atoms. The van der Waals surface area contributed by atoms with Crippen LogP contribution in [0, 0.1) is 0 Å². The summed E-state index contributed by atoms with van der Waals surface area (Å²) in [6, 6.07) is 3.31. The van der Waals surface area contributed by atoms with Crippen LogP contribution in [0.3, 0.4) is 0 Å². The van der Waals surface area contributed by atoms with E-state index in [1.807, 2.05) is 11.8 Å². The van der Waals surface area contributed by atoms with Gasteiger partial charge in [0.25, 0.3) is 5.91 Å². The van der Waals surface area contributed by atoms with Crippen molar-refractivity contribution in [3.05, 3.63) is 23.9 Å². The lowest BCUT2D eigenvalue weighted by atomic mass is 10.2. The number of likely N-dealkylation sites (N-methyl/N-ethyl adjacent to an activating group) is 1. The van der Waals surface area contributed by atoms with E-state index in [2.05, 4.69) is 10.3 Å². The number of aromatic nitrogens is 1. The van der Waals surface area contributed by atoms with Gasteiger partial charge in [0.1, 0.15) is 6.10 Å². The van der Waals surface area contributed by atoms with E-state index < -0.39 is 0 Å². The van der Waals surface area contributed by atoms with Crippen molar-refractivity contribution in [3.8, 4) is 5.88 Å². The Kier molecular flexibility index (Phi) is 4.52. The average Bonchev–Trinajstić information content (AvgIpc) is 3.10. The van der Waals surface area contributed by atoms with Gasteiger partial charge < -0.3 is 15.0 Å². The van der Waals surface area contributed by atoms with Gasteiger partial charge in [-0.3, -0.25) is 9.59 Å². The fraction of sp³-hybridized carbons (Fsp3) is 0.533. The first-order chi connectivity index (χ1) is 10.6. The van der Waals surface area contributed by atoms with Crippen LogP contribution in [-0.2, 0) is 4.79 Å². The van der Waals surface area contributed by atoms with Crippen molar-refractivity contribution in [2.75, 3.05) is 25.1 Å². The zero-order valence-electron chi connectivity index (χ0n) is 12.4. The van der Waals surface area contributed by atoms with Crippen molar-refractivity contribution in [2.24, 2.45) is 0 Å². The number of carbonyl (C=O) groups excluding carboxylic acids is 2. The minimum absolute atomic E-state index is 0.0570. The molecule has 2 saturated heterocycles. The number of carbonyl (C=O) groups is 2. The van der Waals surface area contributed by atoms with Crippen molar-refractivity contribution in [1.29, 1.82) is 0 Å². The summed E-state index contributed by atoms with van der Waals surface area (Å²) in [4.78, 5) is 29.4. The molecule has 7 heteroatoms. The summed E-state index contributed by atoms with van der Waals surface area (Å²) in [5.41, 5.74) is 0.482. The molecule has 2 atom stereocenters. The van der Waals surface area contributed by atoms with Crippen LogP contribution in [0.25, 0.3) is 0 Å². The Hall–Kier alpha value is -1.76. The van der Waals surface area contributed by atoms with Gasteiger partial charge in [0.2, 0.25) is 11.8 Å². The quantitative estimate of drug-likeness (QED) is 0.893. The minimum Gasteiger partial charge on any atom is -0.473 e. The number of hydrogen-bond donors (Lipinski definition) is 1. The maximum Gasteiger partial charge on any atom is 0.253 e. The van der Waals surface area contributed by atoms with E-state index in [4.69, 9.17) is 4.74 Å². The van der Waals surface area contributed by atoms with E-state index >= 15 is 0 Å². The Morgan fingerprint density at radius 2 is 2.36 bits per heavy atom. The lowest BCUT2D eigenvalue weighted by molar-refractivity contribution is -0.126. The number of ether oxygens (including phenoxy) is 1. The van der Waals surface area contributed by atoms with Crippen LogP contribution in [0.2, 0.25) is 0 Å². The van der Waals surface area contributed by atoms with Crippen molar-refractivity contribution in [2.45, 2.75) is 25.0 Å². The molecule has 6 nitrogen and oxygen atoms in total. The number of nitrogens with zero attached hydrogens (tertiary/aromatic N) is 2. The highest BCUT2D eigenvalue weighted by Crippen LogP contribution is 2.22. The first-order valence-corrected chi connectivity index (χ1v) is 8.52. The number of nitrogens with one attached hydrogen (secondary N) is 1. The topological polar surface area (TPSA) is 71.5 Å². The third-order valence-corrected chi connectivity index (χ3v) is 4.98. The molecule has 2 unspecified atom stereocenters. The fourth-order valence-corrected chi connectivity index (χ4v) is 3.68. The second-order valence-electron chi connectivity index (χ2n) is 5.64. The highest BCUT2D eigenvalue weighted by Gasteiger charge is 2.28. The maximum absolute atomic E-state index is 12.1. The van der Waals surface area contributed by atoms with E-state index in [0.717, 1.165) is 17.9 Å². The Morgan fingerprint density at radius 1 is 1.50 bits per heavy atom. The van der Waals surface area contributed by atoms with Gasteiger partial charge in [-0.15, -0.1) is 0 Å². The normalized spacial score (nSPS) is 24.6. The molecule has 1 N–H and O–H groups in total. The second-order valence-corrected chi connectivity index (χ2v) is 6.79. The molecule has 0 bridgehead atoms. The summed E-state index contributed by atoms with van der Waals surface area (Å²) in [6.45, 7) is 0.554. The van der Waals surface area contributed by atoms with Crippen LogP contribution in [0.4, 0.5) is 0 Å². The van der Waals surface area contributed by atoms with Crippen LogP contribution in [0.15, 0.2) is 18.3 Å². The minimum atomic E-state index is -0.205. The lowest BCUT2D eigenvalue weighted by Gasteiger charge is -2.13. The second kappa shape index (κ2) is 6.56. The lowest BCUT2D eigenvalue weighted by Crippen LogP contribution is -2.36. The molecule has 2 fully saturated rings. The molecule has 3 rings (SSSR count). The molecular weight excluding hydrogens is 302 g/mol. The van der Waals surface area contributed by atoms with E-state index in [0.29, 0.717) is 24.4 Å². The maximum atomic E-state index is 12.1. The number of amides is 2. The van der Waals surface area contributed by atoms with Gasteiger partial charge in [0.05, 0.1) is 11.6 Å². The van der Waals surface area contributed by atoms with Crippen molar-refractivity contribution in [1.82, 2.24) is 15.2 Å². The molecule has 118 valence electrons. The summed E-state index contributed by atoms with van der Waals surface area (Å²) in [5, 5.41) is 2.86. The van der Waals surface area contributed by atoms with Gasteiger partial charge in [-0.2, -0.15) is 11.8 Å². The number of hydrogen-bond acceptors (Lipinski definition) is 5. The molecule has 2 amide bonds. The monoisotopic (exact) mass is 321 g/mol. The molecule has 0 saturated carbocycles. The number of thioether (sulfide) groups is 1. The zero-order chi connectivity index (χ0) is 15.5. The summed E-state index contributed by atoms with van der Waals surface area (Å²) in [6.07, 6.45) is 3.14. The molecule has 1 aromatic heterocycles. The molecule has 0 aromatic carbocycles. The standard InChI is InChI=1S/C15H19N3O3S/c1-18-8-11(6-14(18)19)17-15(20)10-2-3-13(16-7-10)21-12-4-5-22-9-12/h2-3,7,11-12H,4-6,8-9H2,1H3,(H,17,20). The summed E-state index contributed by atoms with van der Waals surface area (Å²) < 4.78 is 5.76. The highest BCUT2D eigenvalue weighted by molar-refractivity contribution is 7.99. The van der Waals surface area contributed by atoms with E-state index in [1.165, 1.54) is 6.20 Å². The highest BCUT2D eigenvalue weighted by atomic mass is 32.2. The van der Waals surface area contributed by atoms with Gasteiger partial charge in [0.15, 0.2) is 0 Å². The van der Waals surface area contributed by atoms with Gasteiger partial charge in [-0.1, -0.05) is 0 Å². The Morgan fingerprint density at radius 3 is 2.95 bits per heavy atom. The fourth-order valence-electron chi connectivity index (χ4n) is 2.59. The van der Waals surface area contributed by atoms with Gasteiger partial charge in [0, 0.05) is 38.0 Å². The molecule has 2 aliphatic rings. The summed E-state index contributed by atoms with van der Waals surface area (Å²) >= 11 is 1.88. The largest absolute Gasteiger partial charge is 0.473 e. The smallest absolute Gasteiger partial charge is 0.253 e. The van der Waals surface area contributed by atoms with Gasteiger partial charge in [-0.25, -0.2) is 4.98 Å². The van der Waals surface area contributed by atoms with E-state index in [1.54, 1.807) is 24.1 Å². The molecule has 3 heterocycles. The molecular formula is C15H19N3O3S. The van der Waals surface area contributed by atoms with Gasteiger partial charge in [-0.05, 0) is 18.2 Å². The predicted molar refractivity (Wildman–Crippen MR) is 84.1 cm³/mol. The zero-order valence-corrected chi connectivity index (χ0v) is 13.3. The number of pyridine rings is 1. The third kappa shape index (κ3) is 3.52. The Bertz CT molecular complexity index is 558. The van der Waals surface area contributed by atoms with E-state index in [9.17, 15) is 9.59 Å². The Balaban J connectivity index is 1.55. The summed E-state index contributed by atoms with van der Waals surface area (Å²) in [7, 11) is 1.74. The molecule has 22 heavy (non-hydrogen) atoms. The van der Waals surface area contributed by atoms with Gasteiger partial charge >= 0.3 is 0 Å². The van der Waals surface area contributed by atoms with Crippen LogP contribution in [0.5, 0.6) is 5.88 Å². The van der Waals surface area contributed by atoms with E-state index in [-0.39, 0.29) is 24.0 Å². The molecule has 0 radical (unpaired) electrons. The van der Waals surface area contributed by atoms with Crippen LogP contribution >= 0.6 is 11.8 Å². The molecule has 1 aromatic rings. The number of rotatable bonds is 4. The predicted octanol–water partition coefficient (Wildman–Crippen LogP) is 0.926. The third-order valence-electron chi connectivity index (χ3n) is 3.85. The Labute approximate surface area is 133 Å².